The number of aliphatic imine (C=N–C) groups is 1. The SMILES string of the molecule is C=NC/C=C\C(F)CC. The first kappa shape index (κ1) is 8.34. The van der Waals surface area contributed by atoms with Gasteiger partial charge in [0.05, 0.1) is 6.54 Å². The minimum atomic E-state index is -0.813. The molecule has 0 aliphatic rings. The predicted molar refractivity (Wildman–Crippen MR) is 38.7 cm³/mol. The van der Waals surface area contributed by atoms with Crippen molar-refractivity contribution in [2.75, 3.05) is 6.54 Å². The second-order valence-corrected chi connectivity index (χ2v) is 1.76. The highest BCUT2D eigenvalue weighted by atomic mass is 19.1. The molecule has 0 heterocycles. The third-order valence-corrected chi connectivity index (χ3v) is 0.969. The summed E-state index contributed by atoms with van der Waals surface area (Å²) >= 11 is 0. The van der Waals surface area contributed by atoms with Crippen molar-refractivity contribution in [3.05, 3.63) is 12.2 Å². The molecular weight excluding hydrogens is 117 g/mol. The summed E-state index contributed by atoms with van der Waals surface area (Å²) in [6.07, 6.45) is 2.91. The van der Waals surface area contributed by atoms with E-state index in [0.29, 0.717) is 13.0 Å². The van der Waals surface area contributed by atoms with Gasteiger partial charge in [-0.1, -0.05) is 19.1 Å². The fourth-order valence-corrected chi connectivity index (χ4v) is 0.419. The summed E-state index contributed by atoms with van der Waals surface area (Å²) in [5.41, 5.74) is 0. The number of nitrogens with zero attached hydrogens (tertiary/aromatic N) is 1. The van der Waals surface area contributed by atoms with Gasteiger partial charge >= 0.3 is 0 Å². The van der Waals surface area contributed by atoms with Gasteiger partial charge in [-0.3, -0.25) is 4.99 Å². The normalized spacial score (nSPS) is 14.0. The van der Waals surface area contributed by atoms with Crippen molar-refractivity contribution in [3.8, 4) is 0 Å². The maximum absolute atomic E-state index is 12.3. The maximum atomic E-state index is 12.3. The minimum Gasteiger partial charge on any atom is -0.297 e. The molecule has 0 fully saturated rings. The van der Waals surface area contributed by atoms with Gasteiger partial charge in [-0.2, -0.15) is 0 Å². The van der Waals surface area contributed by atoms with Crippen molar-refractivity contribution in [1.29, 1.82) is 0 Å². The van der Waals surface area contributed by atoms with Crippen LogP contribution in [0, 0.1) is 0 Å². The first-order valence-corrected chi connectivity index (χ1v) is 3.04. The van der Waals surface area contributed by atoms with Crippen LogP contribution in [0.5, 0.6) is 0 Å². The van der Waals surface area contributed by atoms with E-state index in [4.69, 9.17) is 0 Å². The van der Waals surface area contributed by atoms with Gasteiger partial charge in [0.15, 0.2) is 0 Å². The first-order valence-electron chi connectivity index (χ1n) is 3.04. The van der Waals surface area contributed by atoms with Crippen LogP contribution >= 0.6 is 0 Å². The summed E-state index contributed by atoms with van der Waals surface area (Å²) in [5.74, 6) is 0. The zero-order valence-electron chi connectivity index (χ0n) is 5.68. The Labute approximate surface area is 55.3 Å². The highest BCUT2D eigenvalue weighted by Crippen LogP contribution is 1.97. The van der Waals surface area contributed by atoms with Crippen LogP contribution in [-0.4, -0.2) is 19.4 Å². The second kappa shape index (κ2) is 5.48. The monoisotopic (exact) mass is 129 g/mol. The molecule has 2 heteroatoms. The van der Waals surface area contributed by atoms with Gasteiger partial charge in [0.1, 0.15) is 6.17 Å². The fourth-order valence-electron chi connectivity index (χ4n) is 0.419. The average Bonchev–Trinajstić information content (AvgIpc) is 1.89. The second-order valence-electron chi connectivity index (χ2n) is 1.76. The zero-order chi connectivity index (χ0) is 7.11. The van der Waals surface area contributed by atoms with E-state index in [9.17, 15) is 4.39 Å². The van der Waals surface area contributed by atoms with E-state index in [-0.39, 0.29) is 0 Å². The lowest BCUT2D eigenvalue weighted by Crippen LogP contribution is -1.90. The molecule has 1 atom stereocenters. The summed E-state index contributed by atoms with van der Waals surface area (Å²) in [4.78, 5) is 3.54. The number of alkyl halides is 1. The number of allylic oxidation sites excluding steroid dienone is 1. The highest BCUT2D eigenvalue weighted by molar-refractivity contribution is 5.23. The fraction of sp³-hybridized carbons (Fsp3) is 0.571. The molecule has 52 valence electrons. The highest BCUT2D eigenvalue weighted by Gasteiger charge is 1.92. The molecule has 0 spiro atoms. The molecule has 0 N–H and O–H groups in total. The van der Waals surface area contributed by atoms with Crippen LogP contribution in [0.25, 0.3) is 0 Å². The number of halogens is 1. The van der Waals surface area contributed by atoms with E-state index in [0.717, 1.165) is 0 Å². The van der Waals surface area contributed by atoms with Crippen LogP contribution in [0.15, 0.2) is 17.1 Å². The van der Waals surface area contributed by atoms with E-state index in [1.54, 1.807) is 13.0 Å². The van der Waals surface area contributed by atoms with Gasteiger partial charge in [-0.05, 0) is 13.1 Å². The molecule has 0 aromatic rings. The van der Waals surface area contributed by atoms with E-state index in [2.05, 4.69) is 11.7 Å². The van der Waals surface area contributed by atoms with E-state index < -0.39 is 6.17 Å². The van der Waals surface area contributed by atoms with Crippen molar-refractivity contribution in [2.24, 2.45) is 4.99 Å². The molecule has 0 saturated heterocycles. The largest absolute Gasteiger partial charge is 0.297 e. The Bertz CT molecular complexity index is 99.1. The van der Waals surface area contributed by atoms with Crippen molar-refractivity contribution < 1.29 is 4.39 Å². The van der Waals surface area contributed by atoms with Gasteiger partial charge < -0.3 is 0 Å². The van der Waals surface area contributed by atoms with Crippen LogP contribution in [0.1, 0.15) is 13.3 Å². The third kappa shape index (κ3) is 5.21. The molecule has 0 radical (unpaired) electrons. The Morgan fingerprint density at radius 1 is 1.78 bits per heavy atom. The first-order chi connectivity index (χ1) is 4.31. The topological polar surface area (TPSA) is 12.4 Å². The molecule has 0 aliphatic carbocycles. The Kier molecular flexibility index (Phi) is 5.07. The molecule has 0 aliphatic heterocycles. The minimum absolute atomic E-state index is 0.514. The lowest BCUT2D eigenvalue weighted by molar-refractivity contribution is 0.390. The van der Waals surface area contributed by atoms with Crippen LogP contribution in [0.3, 0.4) is 0 Å². The smallest absolute Gasteiger partial charge is 0.118 e. The van der Waals surface area contributed by atoms with Gasteiger partial charge in [-0.15, -0.1) is 0 Å². The predicted octanol–water partition coefficient (Wildman–Crippen LogP) is 1.99. The van der Waals surface area contributed by atoms with Crippen LogP contribution in [0.2, 0.25) is 0 Å². The van der Waals surface area contributed by atoms with Crippen molar-refractivity contribution in [3.63, 3.8) is 0 Å². The third-order valence-electron chi connectivity index (χ3n) is 0.969. The van der Waals surface area contributed by atoms with E-state index in [1.165, 1.54) is 6.08 Å². The maximum Gasteiger partial charge on any atom is 0.118 e. The summed E-state index contributed by atoms with van der Waals surface area (Å²) < 4.78 is 12.3. The molecule has 0 aromatic carbocycles. The van der Waals surface area contributed by atoms with Gasteiger partial charge in [0, 0.05) is 0 Å². The average molecular weight is 129 g/mol. The van der Waals surface area contributed by atoms with Gasteiger partial charge in [-0.25, -0.2) is 4.39 Å². The summed E-state index contributed by atoms with van der Waals surface area (Å²) in [6, 6.07) is 0. The van der Waals surface area contributed by atoms with Crippen LogP contribution in [-0.2, 0) is 0 Å². The molecule has 0 rings (SSSR count). The lowest BCUT2D eigenvalue weighted by atomic mass is 10.3. The van der Waals surface area contributed by atoms with Crippen LogP contribution < -0.4 is 0 Å². The molecule has 0 bridgehead atoms. The number of hydrogen-bond donors (Lipinski definition) is 0. The van der Waals surface area contributed by atoms with Crippen LogP contribution in [0.4, 0.5) is 4.39 Å². The Hall–Kier alpha value is -0.660. The lowest BCUT2D eigenvalue weighted by Gasteiger charge is -1.92. The zero-order valence-corrected chi connectivity index (χ0v) is 5.68. The molecule has 0 amide bonds. The summed E-state index contributed by atoms with van der Waals surface area (Å²) in [7, 11) is 0. The molecule has 1 nitrogen and oxygen atoms in total. The molecular formula is C7H12FN. The number of rotatable bonds is 4. The Morgan fingerprint density at radius 2 is 2.44 bits per heavy atom. The van der Waals surface area contributed by atoms with E-state index in [1.807, 2.05) is 0 Å². The van der Waals surface area contributed by atoms with Gasteiger partial charge in [0.2, 0.25) is 0 Å². The van der Waals surface area contributed by atoms with Gasteiger partial charge in [0.25, 0.3) is 0 Å². The molecule has 1 unspecified atom stereocenters. The molecule has 9 heavy (non-hydrogen) atoms. The quantitative estimate of drug-likeness (QED) is 0.406. The van der Waals surface area contributed by atoms with E-state index >= 15 is 0 Å². The molecule has 0 aromatic heterocycles. The summed E-state index contributed by atoms with van der Waals surface area (Å²) in [6.45, 7) is 5.58. The molecule has 0 saturated carbocycles. The summed E-state index contributed by atoms with van der Waals surface area (Å²) in [5, 5.41) is 0. The standard InChI is InChI=1S/C7H12FN/c1-3-7(8)5-4-6-9-2/h4-5,7H,2-3,6H2,1H3/b5-4-. The van der Waals surface area contributed by atoms with Crippen molar-refractivity contribution in [2.45, 2.75) is 19.5 Å². The van der Waals surface area contributed by atoms with Crippen molar-refractivity contribution >= 4 is 6.72 Å². The number of hydrogen-bond acceptors (Lipinski definition) is 1. The Morgan fingerprint density at radius 3 is 2.89 bits per heavy atom. The Balaban J connectivity index is 3.31. The van der Waals surface area contributed by atoms with Crippen molar-refractivity contribution in [1.82, 2.24) is 0 Å².